The van der Waals surface area contributed by atoms with Crippen LogP contribution in [0.3, 0.4) is 0 Å². The molecular weight excluding hydrogens is 425 g/mol. The number of rotatable bonds is 5. The first-order chi connectivity index (χ1) is 12.8. The molecule has 0 N–H and O–H groups in total. The molecule has 2 unspecified atom stereocenters. The summed E-state index contributed by atoms with van der Waals surface area (Å²) in [6.07, 6.45) is 2.99. The van der Waals surface area contributed by atoms with Gasteiger partial charge in [0.25, 0.3) is 0 Å². The number of anilines is 1. The zero-order valence-electron chi connectivity index (χ0n) is 17.2. The van der Waals surface area contributed by atoms with E-state index in [2.05, 4.69) is 36.9 Å². The van der Waals surface area contributed by atoms with Crippen molar-refractivity contribution in [2.45, 2.75) is 40.2 Å². The minimum absolute atomic E-state index is 0. The normalized spacial score (nSPS) is 18.4. The van der Waals surface area contributed by atoms with Gasteiger partial charge in [0.15, 0.2) is 0 Å². The van der Waals surface area contributed by atoms with Crippen molar-refractivity contribution in [2.24, 2.45) is 5.92 Å². The molecule has 3 rings (SSSR count). The average molecular weight is 453 g/mol. The Hall–Kier alpha value is -1.30. The van der Waals surface area contributed by atoms with Gasteiger partial charge in [-0.05, 0) is 50.4 Å². The van der Waals surface area contributed by atoms with Gasteiger partial charge in [0.1, 0.15) is 5.82 Å². The number of carbonyl (C=O) groups is 1. The Balaban J connectivity index is 0.00000280. The molecule has 2 atom stereocenters. The van der Waals surface area contributed by atoms with Crippen LogP contribution in [0.2, 0.25) is 0 Å². The molecule has 2 heterocycles. The Morgan fingerprint density at radius 3 is 2.71 bits per heavy atom. The molecule has 147 valence electrons. The second kappa shape index (κ2) is 9.95. The fraction of sp³-hybridized carbons (Fsp3) is 0.409. The number of nitrogens with zero attached hydrogens (tertiary/aromatic N) is 4. The van der Waals surface area contributed by atoms with Crippen molar-refractivity contribution in [1.29, 1.82) is 0 Å². The minimum Gasteiger partial charge on any atom is -0.462 e. The number of hydrogen-bond acceptors (Lipinski definition) is 4. The zero-order valence-corrected chi connectivity index (χ0v) is 20.1. The van der Waals surface area contributed by atoms with Gasteiger partial charge in [-0.25, -0.2) is 0 Å². The summed E-state index contributed by atoms with van der Waals surface area (Å²) < 4.78 is 0. The van der Waals surface area contributed by atoms with E-state index in [1.165, 1.54) is 5.56 Å². The SMILES string of the molecule is [CH2-]N(C[CH-]c1cc(C)nc(C)n1)CC(=O)N1c2ccccc2CC(C)C1C.[Y]. The van der Waals surface area contributed by atoms with Crippen LogP contribution in [-0.2, 0) is 43.9 Å². The van der Waals surface area contributed by atoms with Gasteiger partial charge in [-0.2, -0.15) is 12.5 Å². The predicted molar refractivity (Wildman–Crippen MR) is 108 cm³/mol. The van der Waals surface area contributed by atoms with Crippen LogP contribution in [0.15, 0.2) is 30.3 Å². The third-order valence-corrected chi connectivity index (χ3v) is 5.20. The summed E-state index contributed by atoms with van der Waals surface area (Å²) >= 11 is 0. The van der Waals surface area contributed by atoms with Crippen molar-refractivity contribution in [1.82, 2.24) is 14.9 Å². The van der Waals surface area contributed by atoms with Gasteiger partial charge in [-0.15, -0.1) is 0 Å². The van der Waals surface area contributed by atoms with Crippen molar-refractivity contribution in [3.05, 3.63) is 66.6 Å². The Bertz CT molecular complexity index is 806. The number of aryl methyl sites for hydroxylation is 2. The molecule has 1 aromatic heterocycles. The molecule has 1 aromatic carbocycles. The fourth-order valence-electron chi connectivity index (χ4n) is 3.68. The van der Waals surface area contributed by atoms with Crippen LogP contribution in [0.1, 0.15) is 36.6 Å². The molecule has 2 aromatic rings. The molecule has 0 saturated carbocycles. The molecule has 28 heavy (non-hydrogen) atoms. The van der Waals surface area contributed by atoms with Gasteiger partial charge in [-0.3, -0.25) is 21.8 Å². The summed E-state index contributed by atoms with van der Waals surface area (Å²) in [5.41, 5.74) is 4.08. The molecule has 0 spiro atoms. The van der Waals surface area contributed by atoms with E-state index in [1.807, 2.05) is 49.4 Å². The quantitative estimate of drug-likeness (QED) is 0.652. The predicted octanol–water partition coefficient (Wildman–Crippen LogP) is 3.35. The summed E-state index contributed by atoms with van der Waals surface area (Å²) in [5, 5.41) is 0. The monoisotopic (exact) mass is 453 g/mol. The van der Waals surface area contributed by atoms with E-state index in [9.17, 15) is 4.79 Å². The van der Waals surface area contributed by atoms with Crippen LogP contribution in [-0.4, -0.2) is 39.9 Å². The van der Waals surface area contributed by atoms with Gasteiger partial charge in [-0.1, -0.05) is 37.4 Å². The molecule has 6 heteroatoms. The largest absolute Gasteiger partial charge is 0.462 e. The topological polar surface area (TPSA) is 49.3 Å². The summed E-state index contributed by atoms with van der Waals surface area (Å²) in [5.74, 6) is 1.27. The molecule has 0 saturated heterocycles. The van der Waals surface area contributed by atoms with Gasteiger partial charge >= 0.3 is 0 Å². The van der Waals surface area contributed by atoms with Crippen LogP contribution < -0.4 is 4.90 Å². The van der Waals surface area contributed by atoms with Crippen molar-refractivity contribution < 1.29 is 37.5 Å². The number of aromatic nitrogens is 2. The maximum absolute atomic E-state index is 13.1. The zero-order chi connectivity index (χ0) is 19.6. The first kappa shape index (κ1) is 23.0. The maximum atomic E-state index is 13.1. The van der Waals surface area contributed by atoms with Crippen LogP contribution in [0.25, 0.3) is 0 Å². The van der Waals surface area contributed by atoms with Gasteiger partial charge in [0.05, 0.1) is 6.54 Å². The molecule has 0 aliphatic carbocycles. The van der Waals surface area contributed by atoms with Crippen LogP contribution >= 0.6 is 0 Å². The molecule has 0 fully saturated rings. The second-order valence-corrected chi connectivity index (χ2v) is 7.51. The van der Waals surface area contributed by atoms with Gasteiger partial charge in [0.2, 0.25) is 5.91 Å². The Kier molecular flexibility index (Phi) is 8.17. The van der Waals surface area contributed by atoms with Crippen LogP contribution in [0.4, 0.5) is 5.69 Å². The van der Waals surface area contributed by atoms with E-state index in [-0.39, 0.29) is 51.2 Å². The molecule has 5 nitrogen and oxygen atoms in total. The summed E-state index contributed by atoms with van der Waals surface area (Å²) in [4.78, 5) is 25.5. The number of carbonyl (C=O) groups excluding carboxylic acids is 1. The van der Waals surface area contributed by atoms with Gasteiger partial charge in [0, 0.05) is 44.4 Å². The molecule has 1 aliphatic rings. The first-order valence-corrected chi connectivity index (χ1v) is 9.46. The molecule has 1 aliphatic heterocycles. The van der Waals surface area contributed by atoms with Crippen molar-refractivity contribution >= 4 is 11.6 Å². The number of fused-ring (bicyclic) bond motifs is 1. The molecular formula is C22H28N4OY-2. The van der Waals surface area contributed by atoms with Crippen LogP contribution in [0.5, 0.6) is 0 Å². The van der Waals surface area contributed by atoms with Crippen LogP contribution in [0, 0.1) is 33.2 Å². The Morgan fingerprint density at radius 1 is 1.29 bits per heavy atom. The Morgan fingerprint density at radius 2 is 2.00 bits per heavy atom. The van der Waals surface area contributed by atoms with Gasteiger partial charge < -0.3 is 9.80 Å². The smallest absolute Gasteiger partial charge is 0.238 e. The summed E-state index contributed by atoms with van der Waals surface area (Å²) in [7, 11) is 4.04. The van der Waals surface area contributed by atoms with E-state index in [0.29, 0.717) is 12.5 Å². The third kappa shape index (κ3) is 5.40. The summed E-state index contributed by atoms with van der Waals surface area (Å²) in [6.45, 7) is 8.99. The molecule has 1 radical (unpaired) electrons. The molecule has 1 amide bonds. The molecule has 0 bridgehead atoms. The fourth-order valence-corrected chi connectivity index (χ4v) is 3.68. The minimum atomic E-state index is 0. The van der Waals surface area contributed by atoms with Crippen molar-refractivity contribution in [3.63, 3.8) is 0 Å². The van der Waals surface area contributed by atoms with Crippen molar-refractivity contribution in [3.8, 4) is 0 Å². The number of para-hydroxylation sites is 1. The Labute approximate surface area is 193 Å². The van der Waals surface area contributed by atoms with E-state index >= 15 is 0 Å². The van der Waals surface area contributed by atoms with E-state index in [1.54, 1.807) is 4.90 Å². The van der Waals surface area contributed by atoms with Crippen molar-refractivity contribution in [2.75, 3.05) is 18.0 Å². The second-order valence-electron chi connectivity index (χ2n) is 7.51. The van der Waals surface area contributed by atoms with E-state index in [0.717, 1.165) is 29.3 Å². The average Bonchev–Trinajstić information content (AvgIpc) is 2.60. The maximum Gasteiger partial charge on any atom is 0.238 e. The third-order valence-electron chi connectivity index (χ3n) is 5.20. The first-order valence-electron chi connectivity index (χ1n) is 9.46. The summed E-state index contributed by atoms with van der Waals surface area (Å²) in [6, 6.07) is 10.3. The standard InChI is InChI=1S/C22H28N4O.Y/c1-15-12-19-8-6-7-9-21(19)26(17(15)3)22(27)14-25(5)11-10-20-13-16(2)23-18(4)24-20;/h6-10,13,15,17H,5,11-12,14H2,1-4H3;/q-2;. The van der Waals surface area contributed by atoms with E-state index < -0.39 is 0 Å². The number of amides is 1. The number of hydrogen-bond donors (Lipinski definition) is 0. The number of benzene rings is 1. The van der Waals surface area contributed by atoms with E-state index in [4.69, 9.17) is 0 Å².